The lowest BCUT2D eigenvalue weighted by molar-refractivity contribution is -0.116. The number of carbonyl (C=O) groups excluding carboxylic acids is 1. The van der Waals surface area contributed by atoms with Gasteiger partial charge in [0, 0.05) is 41.7 Å². The number of amides is 1. The van der Waals surface area contributed by atoms with Crippen LogP contribution in [0.2, 0.25) is 0 Å². The summed E-state index contributed by atoms with van der Waals surface area (Å²) in [7, 11) is 0. The maximum Gasteiger partial charge on any atom is 0.247 e. The number of anilines is 2. The van der Waals surface area contributed by atoms with Crippen molar-refractivity contribution in [3.05, 3.63) is 45.8 Å². The smallest absolute Gasteiger partial charge is 0.247 e. The van der Waals surface area contributed by atoms with E-state index in [0.29, 0.717) is 10.6 Å². The summed E-state index contributed by atoms with van der Waals surface area (Å²) < 4.78 is 0. The van der Waals surface area contributed by atoms with Gasteiger partial charge in [0.1, 0.15) is 17.1 Å². The average Bonchev–Trinajstić information content (AvgIpc) is 2.97. The van der Waals surface area contributed by atoms with Gasteiger partial charge in [-0.25, -0.2) is 0 Å². The molecule has 0 bridgehead atoms. The molecule has 1 aliphatic heterocycles. The van der Waals surface area contributed by atoms with Crippen LogP contribution in [0.3, 0.4) is 0 Å². The topological polar surface area (TPSA) is 68.2 Å². The number of nitrogens with zero attached hydrogens (tertiary/aromatic N) is 2. The minimum Gasteiger partial charge on any atom is -0.374 e. The zero-order valence-corrected chi connectivity index (χ0v) is 20.4. The molecular weight excluding hydrogens is 436 g/mol. The van der Waals surface area contributed by atoms with Crippen LogP contribution >= 0.6 is 23.1 Å². The van der Waals surface area contributed by atoms with Gasteiger partial charge in [0.05, 0.1) is 5.56 Å². The number of nitrogens with one attached hydrogen (secondary N) is 2. The summed E-state index contributed by atoms with van der Waals surface area (Å²) in [5, 5.41) is 16.7. The molecule has 1 atom stereocenters. The van der Waals surface area contributed by atoms with Crippen LogP contribution in [0.1, 0.15) is 47.8 Å². The second-order valence-electron chi connectivity index (χ2n) is 8.64. The fourth-order valence-electron chi connectivity index (χ4n) is 4.36. The Morgan fingerprint density at radius 1 is 1.16 bits per heavy atom. The largest absolute Gasteiger partial charge is 0.374 e. The van der Waals surface area contributed by atoms with Gasteiger partial charge in [-0.2, -0.15) is 17.0 Å². The van der Waals surface area contributed by atoms with E-state index in [9.17, 15) is 10.1 Å². The van der Waals surface area contributed by atoms with Crippen LogP contribution in [0.4, 0.5) is 10.7 Å². The number of hydrogen-bond acceptors (Lipinski definition) is 6. The van der Waals surface area contributed by atoms with Gasteiger partial charge in [-0.15, -0.1) is 11.3 Å². The van der Waals surface area contributed by atoms with Crippen molar-refractivity contribution in [2.45, 2.75) is 51.5 Å². The lowest BCUT2D eigenvalue weighted by Gasteiger charge is -2.26. The summed E-state index contributed by atoms with van der Waals surface area (Å²) in [6.45, 7) is 5.36. The van der Waals surface area contributed by atoms with Crippen molar-refractivity contribution in [3.8, 4) is 6.07 Å². The zero-order valence-electron chi connectivity index (χ0n) is 18.8. The number of rotatable bonds is 7. The Balaban J connectivity index is 1.31. The first kappa shape index (κ1) is 23.2. The number of fused-ring (bicyclic) bond motifs is 1. The lowest BCUT2D eigenvalue weighted by atomic mass is 10.1. The summed E-state index contributed by atoms with van der Waals surface area (Å²) in [5.41, 5.74) is 4.09. The van der Waals surface area contributed by atoms with Crippen LogP contribution < -0.4 is 10.6 Å². The van der Waals surface area contributed by atoms with E-state index in [0.717, 1.165) is 49.9 Å². The predicted molar refractivity (Wildman–Crippen MR) is 136 cm³/mol. The van der Waals surface area contributed by atoms with E-state index in [1.54, 1.807) is 11.3 Å². The molecule has 1 aromatic carbocycles. The van der Waals surface area contributed by atoms with E-state index in [1.807, 2.05) is 18.7 Å². The number of thioether (sulfide) groups is 1. The molecule has 2 heterocycles. The molecule has 1 fully saturated rings. The third-order valence-electron chi connectivity index (χ3n) is 6.32. The van der Waals surface area contributed by atoms with E-state index >= 15 is 0 Å². The van der Waals surface area contributed by atoms with Crippen molar-refractivity contribution in [2.75, 3.05) is 41.8 Å². The van der Waals surface area contributed by atoms with Gasteiger partial charge in [0.2, 0.25) is 5.91 Å². The highest BCUT2D eigenvalue weighted by molar-refractivity contribution is 7.99. The lowest BCUT2D eigenvalue weighted by Crippen LogP contribution is -2.34. The van der Waals surface area contributed by atoms with Crippen molar-refractivity contribution in [3.63, 3.8) is 0 Å². The van der Waals surface area contributed by atoms with Crippen molar-refractivity contribution >= 4 is 39.7 Å². The highest BCUT2D eigenvalue weighted by atomic mass is 32.2. The quantitative estimate of drug-likeness (QED) is 0.565. The molecule has 1 unspecified atom stereocenters. The molecule has 0 radical (unpaired) electrons. The average molecular weight is 469 g/mol. The van der Waals surface area contributed by atoms with Crippen molar-refractivity contribution in [1.29, 1.82) is 5.26 Å². The minimum atomic E-state index is -0.389. The molecule has 32 heavy (non-hydrogen) atoms. The summed E-state index contributed by atoms with van der Waals surface area (Å²) in [5.74, 6) is 2.38. The van der Waals surface area contributed by atoms with Crippen LogP contribution in [0.5, 0.6) is 0 Å². The highest BCUT2D eigenvalue weighted by Gasteiger charge is 2.22. The van der Waals surface area contributed by atoms with Gasteiger partial charge in [-0.05, 0) is 62.3 Å². The first-order valence-corrected chi connectivity index (χ1v) is 13.6. The predicted octanol–water partition coefficient (Wildman–Crippen LogP) is 4.92. The Labute approximate surface area is 199 Å². The summed E-state index contributed by atoms with van der Waals surface area (Å²) in [6.07, 6.45) is 6.52. The van der Waals surface area contributed by atoms with E-state index in [-0.39, 0.29) is 11.9 Å². The van der Waals surface area contributed by atoms with Crippen LogP contribution in [0, 0.1) is 11.3 Å². The van der Waals surface area contributed by atoms with E-state index in [1.165, 1.54) is 41.5 Å². The van der Waals surface area contributed by atoms with Gasteiger partial charge < -0.3 is 15.5 Å². The van der Waals surface area contributed by atoms with Crippen molar-refractivity contribution < 1.29 is 4.79 Å². The third-order valence-corrected chi connectivity index (χ3v) is 8.47. The fraction of sp³-hybridized carbons (Fsp3) is 0.520. The minimum absolute atomic E-state index is 0.107. The molecule has 1 amide bonds. The molecular formula is C25H32N4OS2. The second kappa shape index (κ2) is 11.2. The summed E-state index contributed by atoms with van der Waals surface area (Å²) in [6, 6.07) is 10.4. The zero-order chi connectivity index (χ0) is 22.3. The number of benzene rings is 1. The van der Waals surface area contributed by atoms with Crippen LogP contribution in [-0.2, 0) is 24.1 Å². The van der Waals surface area contributed by atoms with E-state index in [2.05, 4.69) is 45.9 Å². The van der Waals surface area contributed by atoms with Gasteiger partial charge in [0.25, 0.3) is 0 Å². The molecule has 2 N–H and O–H groups in total. The van der Waals surface area contributed by atoms with Gasteiger partial charge in [-0.3, -0.25) is 4.79 Å². The Bertz CT molecular complexity index is 958. The number of aryl methyl sites for hydroxylation is 1. The highest BCUT2D eigenvalue weighted by Crippen LogP contribution is 2.37. The molecule has 5 nitrogen and oxygen atoms in total. The Hall–Kier alpha value is -2.01. The normalized spacial score (nSPS) is 17.6. The number of nitriles is 1. The molecule has 1 aliphatic carbocycles. The SMILES string of the molecule is CC(Nc1ccc(CCN2CCSCC2)cc1)C(=O)Nc1sc2c(c1C#N)CCCCC2. The molecule has 7 heteroatoms. The molecule has 1 saturated heterocycles. The van der Waals surface area contributed by atoms with Gasteiger partial charge >= 0.3 is 0 Å². The number of thiophene rings is 1. The summed E-state index contributed by atoms with van der Waals surface area (Å²) in [4.78, 5) is 16.6. The molecule has 2 aromatic rings. The second-order valence-corrected chi connectivity index (χ2v) is 11.0. The molecule has 1 aromatic heterocycles. The standard InChI is InChI=1S/C25H32N4OS2/c1-18(24(30)28-25-22(17-26)21-5-3-2-4-6-23(21)32-25)27-20-9-7-19(8-10-20)11-12-29-13-15-31-16-14-29/h7-10,18,27H,2-6,11-16H2,1H3,(H,28,30). The van der Waals surface area contributed by atoms with Crippen molar-refractivity contribution in [2.24, 2.45) is 0 Å². The van der Waals surface area contributed by atoms with Crippen LogP contribution in [-0.4, -0.2) is 48.0 Å². The Morgan fingerprint density at radius 2 is 1.91 bits per heavy atom. The van der Waals surface area contributed by atoms with Crippen molar-refractivity contribution in [1.82, 2.24) is 4.90 Å². The van der Waals surface area contributed by atoms with E-state index < -0.39 is 0 Å². The van der Waals surface area contributed by atoms with Crippen LogP contribution in [0.25, 0.3) is 0 Å². The maximum absolute atomic E-state index is 12.8. The molecule has 2 aliphatic rings. The molecule has 170 valence electrons. The van der Waals surface area contributed by atoms with Gasteiger partial charge in [0.15, 0.2) is 0 Å². The Morgan fingerprint density at radius 3 is 2.66 bits per heavy atom. The summed E-state index contributed by atoms with van der Waals surface area (Å²) >= 11 is 3.63. The fourth-order valence-corrected chi connectivity index (χ4v) is 6.59. The van der Waals surface area contributed by atoms with Gasteiger partial charge in [-0.1, -0.05) is 18.6 Å². The number of hydrogen-bond donors (Lipinski definition) is 2. The first-order chi connectivity index (χ1) is 15.6. The molecule has 0 spiro atoms. The van der Waals surface area contributed by atoms with E-state index in [4.69, 9.17) is 0 Å². The van der Waals surface area contributed by atoms with Crippen LogP contribution in [0.15, 0.2) is 24.3 Å². The molecule has 0 saturated carbocycles. The first-order valence-electron chi connectivity index (χ1n) is 11.6. The Kier molecular flexibility index (Phi) is 8.12. The molecule has 4 rings (SSSR count). The third kappa shape index (κ3) is 5.86. The monoisotopic (exact) mass is 468 g/mol. The number of carbonyl (C=O) groups is 1. The maximum atomic E-state index is 12.8.